The molecule has 0 saturated heterocycles. The lowest BCUT2D eigenvalue weighted by Crippen LogP contribution is -1.95. The highest BCUT2D eigenvalue weighted by Gasteiger charge is 2.02. The van der Waals surface area contributed by atoms with E-state index in [2.05, 4.69) is 0 Å². The molecule has 0 aliphatic heterocycles. The van der Waals surface area contributed by atoms with Gasteiger partial charge in [0.05, 0.1) is 0 Å². The molecule has 0 fully saturated rings. The highest BCUT2D eigenvalue weighted by Crippen LogP contribution is 2.27. The van der Waals surface area contributed by atoms with Crippen LogP contribution < -0.4 is 4.74 Å². The Labute approximate surface area is 109 Å². The summed E-state index contributed by atoms with van der Waals surface area (Å²) in [5.74, 6) is 0.713. The van der Waals surface area contributed by atoms with Crippen LogP contribution in [0, 0.1) is 6.92 Å². The molecule has 18 heavy (non-hydrogen) atoms. The minimum atomic E-state index is 0.182. The molecule has 0 atom stereocenters. The van der Waals surface area contributed by atoms with Gasteiger partial charge in [-0.05, 0) is 30.2 Å². The van der Waals surface area contributed by atoms with Crippen molar-refractivity contribution in [3.05, 3.63) is 59.7 Å². The van der Waals surface area contributed by atoms with Gasteiger partial charge in [-0.15, -0.1) is 0 Å². The van der Waals surface area contributed by atoms with Crippen LogP contribution in [0.4, 0.5) is 0 Å². The van der Waals surface area contributed by atoms with Gasteiger partial charge in [-0.2, -0.15) is 0 Å². The number of rotatable bonds is 3. The second-order valence-corrected chi connectivity index (χ2v) is 3.75. The van der Waals surface area contributed by atoms with E-state index in [1.165, 1.54) is 0 Å². The van der Waals surface area contributed by atoms with Crippen LogP contribution in [0.3, 0.4) is 0 Å². The second kappa shape index (κ2) is 7.38. The van der Waals surface area contributed by atoms with Crippen LogP contribution in [0.2, 0.25) is 0 Å². The number of phenols is 1. The first kappa shape index (κ1) is 14.1. The summed E-state index contributed by atoms with van der Waals surface area (Å²) in [6.07, 6.45) is 0. The lowest BCUT2D eigenvalue weighted by molar-refractivity contribution is 0.289. The minimum Gasteiger partial charge on any atom is -0.504 e. The molecule has 2 nitrogen and oxygen atoms in total. The lowest BCUT2D eigenvalue weighted by atomic mass is 10.2. The van der Waals surface area contributed by atoms with Crippen molar-refractivity contribution in [1.82, 2.24) is 0 Å². The monoisotopic (exact) mass is 244 g/mol. The standard InChI is InChI=1S/C14H14O2.C2H6/c1-11-7-8-13(15)14(9-11)16-10-12-5-3-2-4-6-12;1-2/h2-9,15H,10H2,1H3;1-2H3. The first-order chi connectivity index (χ1) is 8.75. The van der Waals surface area contributed by atoms with E-state index in [1.807, 2.05) is 63.2 Å². The van der Waals surface area contributed by atoms with E-state index in [0.717, 1.165) is 11.1 Å². The summed E-state index contributed by atoms with van der Waals surface area (Å²) in [4.78, 5) is 0. The molecule has 0 aliphatic rings. The van der Waals surface area contributed by atoms with Crippen molar-refractivity contribution in [2.45, 2.75) is 27.4 Å². The topological polar surface area (TPSA) is 29.5 Å². The van der Waals surface area contributed by atoms with Crippen molar-refractivity contribution in [3.8, 4) is 11.5 Å². The molecule has 0 bridgehead atoms. The van der Waals surface area contributed by atoms with Crippen LogP contribution in [0.15, 0.2) is 48.5 Å². The molecule has 2 heteroatoms. The maximum absolute atomic E-state index is 9.59. The predicted octanol–water partition coefficient (Wildman–Crippen LogP) is 4.31. The van der Waals surface area contributed by atoms with E-state index in [-0.39, 0.29) is 5.75 Å². The van der Waals surface area contributed by atoms with E-state index in [4.69, 9.17) is 4.74 Å². The maximum Gasteiger partial charge on any atom is 0.161 e. The number of aromatic hydroxyl groups is 1. The highest BCUT2D eigenvalue weighted by atomic mass is 16.5. The molecule has 2 aromatic carbocycles. The third-order valence-electron chi connectivity index (χ3n) is 2.35. The predicted molar refractivity (Wildman–Crippen MR) is 75.0 cm³/mol. The zero-order valence-corrected chi connectivity index (χ0v) is 11.2. The zero-order chi connectivity index (χ0) is 13.4. The van der Waals surface area contributed by atoms with Gasteiger partial charge >= 0.3 is 0 Å². The highest BCUT2D eigenvalue weighted by molar-refractivity contribution is 5.41. The van der Waals surface area contributed by atoms with Gasteiger partial charge in [0.25, 0.3) is 0 Å². The summed E-state index contributed by atoms with van der Waals surface area (Å²) < 4.78 is 5.55. The maximum atomic E-state index is 9.59. The Bertz CT molecular complexity index is 464. The summed E-state index contributed by atoms with van der Waals surface area (Å²) in [5, 5.41) is 9.59. The minimum absolute atomic E-state index is 0.182. The molecule has 0 unspecified atom stereocenters. The van der Waals surface area contributed by atoms with Crippen LogP contribution in [0.5, 0.6) is 11.5 Å². The van der Waals surface area contributed by atoms with Gasteiger partial charge < -0.3 is 9.84 Å². The molecular formula is C16H20O2. The van der Waals surface area contributed by atoms with Gasteiger partial charge in [0.2, 0.25) is 0 Å². The van der Waals surface area contributed by atoms with E-state index < -0.39 is 0 Å². The van der Waals surface area contributed by atoms with Gasteiger partial charge in [0.1, 0.15) is 6.61 Å². The van der Waals surface area contributed by atoms with Crippen molar-refractivity contribution in [2.75, 3.05) is 0 Å². The molecule has 0 aromatic heterocycles. The molecule has 0 aliphatic carbocycles. The third-order valence-corrected chi connectivity index (χ3v) is 2.35. The SMILES string of the molecule is CC.Cc1ccc(O)c(OCc2ccccc2)c1. The number of hydrogen-bond donors (Lipinski definition) is 1. The number of phenolic OH excluding ortho intramolecular Hbond substituents is 1. The number of hydrogen-bond acceptors (Lipinski definition) is 2. The van der Waals surface area contributed by atoms with Crippen molar-refractivity contribution >= 4 is 0 Å². The Balaban J connectivity index is 0.000000771. The summed E-state index contributed by atoms with van der Waals surface area (Å²) in [6.45, 7) is 6.44. The Hall–Kier alpha value is -1.96. The van der Waals surface area contributed by atoms with Crippen molar-refractivity contribution < 1.29 is 9.84 Å². The fourth-order valence-electron chi connectivity index (χ4n) is 1.47. The van der Waals surface area contributed by atoms with Crippen LogP contribution >= 0.6 is 0 Å². The van der Waals surface area contributed by atoms with Crippen LogP contribution in [0.1, 0.15) is 25.0 Å². The van der Waals surface area contributed by atoms with E-state index in [9.17, 15) is 5.11 Å². The summed E-state index contributed by atoms with van der Waals surface area (Å²) in [5.41, 5.74) is 2.16. The fraction of sp³-hybridized carbons (Fsp3) is 0.250. The van der Waals surface area contributed by atoms with Crippen LogP contribution in [-0.2, 0) is 6.61 Å². The average Bonchev–Trinajstić information content (AvgIpc) is 2.43. The molecule has 2 rings (SSSR count). The lowest BCUT2D eigenvalue weighted by Gasteiger charge is -2.08. The molecular weight excluding hydrogens is 224 g/mol. The quantitative estimate of drug-likeness (QED) is 0.872. The number of ether oxygens (including phenoxy) is 1. The molecule has 1 N–H and O–H groups in total. The molecule has 96 valence electrons. The molecule has 0 heterocycles. The van der Waals surface area contributed by atoms with Crippen molar-refractivity contribution in [2.24, 2.45) is 0 Å². The Kier molecular flexibility index (Phi) is 5.78. The normalized spacial score (nSPS) is 9.28. The van der Waals surface area contributed by atoms with Gasteiger partial charge in [-0.1, -0.05) is 50.2 Å². The largest absolute Gasteiger partial charge is 0.504 e. The molecule has 0 radical (unpaired) electrons. The smallest absolute Gasteiger partial charge is 0.161 e. The van der Waals surface area contributed by atoms with Gasteiger partial charge in [0, 0.05) is 0 Å². The van der Waals surface area contributed by atoms with Crippen molar-refractivity contribution in [1.29, 1.82) is 0 Å². The molecule has 0 amide bonds. The van der Waals surface area contributed by atoms with E-state index >= 15 is 0 Å². The fourth-order valence-corrected chi connectivity index (χ4v) is 1.47. The van der Waals surface area contributed by atoms with Crippen LogP contribution in [0.25, 0.3) is 0 Å². The van der Waals surface area contributed by atoms with Gasteiger partial charge in [0.15, 0.2) is 11.5 Å². The first-order valence-electron chi connectivity index (χ1n) is 6.22. The van der Waals surface area contributed by atoms with E-state index in [0.29, 0.717) is 12.4 Å². The third kappa shape index (κ3) is 4.13. The van der Waals surface area contributed by atoms with Gasteiger partial charge in [-0.25, -0.2) is 0 Å². The summed E-state index contributed by atoms with van der Waals surface area (Å²) in [7, 11) is 0. The van der Waals surface area contributed by atoms with E-state index in [1.54, 1.807) is 6.07 Å². The first-order valence-corrected chi connectivity index (χ1v) is 6.22. The Morgan fingerprint density at radius 3 is 2.33 bits per heavy atom. The molecule has 0 spiro atoms. The van der Waals surface area contributed by atoms with Crippen LogP contribution in [-0.4, -0.2) is 5.11 Å². The Morgan fingerprint density at radius 2 is 1.67 bits per heavy atom. The summed E-state index contributed by atoms with van der Waals surface area (Å²) in [6, 6.07) is 15.2. The second-order valence-electron chi connectivity index (χ2n) is 3.75. The van der Waals surface area contributed by atoms with Crippen molar-refractivity contribution in [3.63, 3.8) is 0 Å². The number of aryl methyl sites for hydroxylation is 1. The summed E-state index contributed by atoms with van der Waals surface area (Å²) >= 11 is 0. The molecule has 2 aromatic rings. The number of benzene rings is 2. The molecule has 0 saturated carbocycles. The van der Waals surface area contributed by atoms with Gasteiger partial charge in [-0.3, -0.25) is 0 Å². The zero-order valence-electron chi connectivity index (χ0n) is 11.2. The average molecular weight is 244 g/mol. The Morgan fingerprint density at radius 1 is 1.00 bits per heavy atom.